The normalized spacial score (nSPS) is 11.6. The van der Waals surface area contributed by atoms with Gasteiger partial charge in [0.05, 0.1) is 6.54 Å². The number of aliphatic hydroxyl groups is 1. The molecule has 15 heavy (non-hydrogen) atoms. The van der Waals surface area contributed by atoms with Crippen molar-refractivity contribution in [2.75, 3.05) is 13.1 Å². The molecular weight excluding hydrogens is 224 g/mol. The maximum Gasteiger partial charge on any atom is 0.332 e. The molecule has 0 heterocycles. The van der Waals surface area contributed by atoms with E-state index in [9.17, 15) is 9.59 Å². The summed E-state index contributed by atoms with van der Waals surface area (Å²) in [6.45, 7) is 3.56. The lowest BCUT2D eigenvalue weighted by molar-refractivity contribution is -0.146. The molecule has 0 fully saturated rings. The summed E-state index contributed by atoms with van der Waals surface area (Å²) in [5.41, 5.74) is 0. The van der Waals surface area contributed by atoms with Crippen molar-refractivity contribution in [2.45, 2.75) is 12.5 Å². The Labute approximate surface area is 91.9 Å². The second kappa shape index (κ2) is 7.08. The monoisotopic (exact) mass is 236 g/mol. The fraction of sp³-hybridized carbons (Fsp3) is 0.500. The predicted molar refractivity (Wildman–Crippen MR) is 54.7 cm³/mol. The molecule has 0 bridgehead atoms. The zero-order valence-corrected chi connectivity index (χ0v) is 8.75. The summed E-state index contributed by atoms with van der Waals surface area (Å²) in [5, 5.41) is 22.2. The van der Waals surface area contributed by atoms with Crippen LogP contribution >= 0.6 is 11.6 Å². The van der Waals surface area contributed by atoms with E-state index in [1.165, 1.54) is 0 Å². The molecule has 0 aliphatic heterocycles. The summed E-state index contributed by atoms with van der Waals surface area (Å²) >= 11 is 5.39. The molecule has 86 valence electrons. The second-order valence-corrected chi connectivity index (χ2v) is 3.30. The van der Waals surface area contributed by atoms with E-state index in [1.54, 1.807) is 0 Å². The molecule has 2 amide bonds. The molecule has 0 aliphatic carbocycles. The van der Waals surface area contributed by atoms with Crippen molar-refractivity contribution in [3.05, 3.63) is 11.6 Å². The van der Waals surface area contributed by atoms with E-state index in [-0.39, 0.29) is 24.5 Å². The molecule has 1 atom stereocenters. The number of hydrogen-bond acceptors (Lipinski definition) is 3. The van der Waals surface area contributed by atoms with Crippen molar-refractivity contribution >= 4 is 23.6 Å². The first-order valence-corrected chi connectivity index (χ1v) is 4.57. The first kappa shape index (κ1) is 13.7. The van der Waals surface area contributed by atoms with Gasteiger partial charge in [0.1, 0.15) is 0 Å². The number of rotatable bonds is 6. The molecule has 0 aromatic rings. The lowest BCUT2D eigenvalue weighted by Crippen LogP contribution is -2.38. The number of amides is 2. The lowest BCUT2D eigenvalue weighted by atomic mass is 10.2. The number of carbonyl (C=O) groups excluding carboxylic acids is 1. The zero-order chi connectivity index (χ0) is 11.8. The van der Waals surface area contributed by atoms with Crippen LogP contribution in [0.1, 0.15) is 6.42 Å². The fourth-order valence-corrected chi connectivity index (χ4v) is 0.751. The van der Waals surface area contributed by atoms with Gasteiger partial charge >= 0.3 is 12.0 Å². The second-order valence-electron chi connectivity index (χ2n) is 2.77. The first-order valence-electron chi connectivity index (χ1n) is 4.19. The molecule has 6 nitrogen and oxygen atoms in total. The van der Waals surface area contributed by atoms with Crippen LogP contribution in [0, 0.1) is 0 Å². The number of nitrogens with one attached hydrogen (secondary N) is 2. The smallest absolute Gasteiger partial charge is 0.332 e. The summed E-state index contributed by atoms with van der Waals surface area (Å²) < 4.78 is 0. The van der Waals surface area contributed by atoms with Gasteiger partial charge in [-0.05, 0) is 0 Å². The minimum Gasteiger partial charge on any atom is -0.479 e. The number of hydrogen-bond donors (Lipinski definition) is 4. The van der Waals surface area contributed by atoms with Crippen LogP contribution in [0.4, 0.5) is 4.79 Å². The van der Waals surface area contributed by atoms with Crippen molar-refractivity contribution in [2.24, 2.45) is 0 Å². The highest BCUT2D eigenvalue weighted by Gasteiger charge is 2.12. The third-order valence-electron chi connectivity index (χ3n) is 1.43. The maximum atomic E-state index is 10.9. The van der Waals surface area contributed by atoms with E-state index >= 15 is 0 Å². The van der Waals surface area contributed by atoms with Gasteiger partial charge in [-0.25, -0.2) is 9.59 Å². The Morgan fingerprint density at radius 1 is 1.40 bits per heavy atom. The average Bonchev–Trinajstić information content (AvgIpc) is 2.14. The highest BCUT2D eigenvalue weighted by molar-refractivity contribution is 6.29. The van der Waals surface area contributed by atoms with Gasteiger partial charge in [-0.2, -0.15) is 0 Å². The number of halogens is 1. The van der Waals surface area contributed by atoms with Crippen LogP contribution in [-0.4, -0.2) is 41.4 Å². The van der Waals surface area contributed by atoms with E-state index in [0.717, 1.165) is 0 Å². The van der Waals surface area contributed by atoms with E-state index in [2.05, 4.69) is 17.2 Å². The van der Waals surface area contributed by atoms with Crippen LogP contribution in [0.2, 0.25) is 0 Å². The number of carboxylic acid groups (broad SMARTS) is 1. The van der Waals surface area contributed by atoms with Gasteiger partial charge in [-0.1, -0.05) is 18.2 Å². The Bertz CT molecular complexity index is 257. The van der Waals surface area contributed by atoms with Gasteiger partial charge in [0, 0.05) is 18.0 Å². The number of aliphatic carboxylic acids is 1. The number of carboxylic acids is 1. The van der Waals surface area contributed by atoms with E-state index in [1.807, 2.05) is 0 Å². The molecule has 0 saturated carbocycles. The van der Waals surface area contributed by atoms with Crippen LogP contribution in [0.15, 0.2) is 11.6 Å². The number of aliphatic hydroxyl groups excluding tert-OH is 1. The molecule has 0 unspecified atom stereocenters. The highest BCUT2D eigenvalue weighted by Crippen LogP contribution is 1.92. The summed E-state index contributed by atoms with van der Waals surface area (Å²) in [6, 6.07) is -0.491. The standard InChI is InChI=1S/C8H13ClN2O4/c1-5(9)4-11-8(15)10-3-2-6(12)7(13)14/h6,12H,1-4H2,(H,13,14)(H2,10,11,15)/t6-/m0/s1. The minimum absolute atomic E-state index is 0.0510. The Kier molecular flexibility index (Phi) is 6.48. The molecule has 0 aromatic carbocycles. The van der Waals surface area contributed by atoms with Gasteiger partial charge in [-0.15, -0.1) is 0 Å². The Morgan fingerprint density at radius 2 is 2.00 bits per heavy atom. The molecule has 7 heteroatoms. The molecular formula is C8H13ClN2O4. The Balaban J connectivity index is 3.55. The summed E-state index contributed by atoms with van der Waals surface area (Å²) in [4.78, 5) is 21.1. The van der Waals surface area contributed by atoms with Crippen molar-refractivity contribution in [1.82, 2.24) is 10.6 Å². The van der Waals surface area contributed by atoms with Crippen LogP contribution in [0.5, 0.6) is 0 Å². The van der Waals surface area contributed by atoms with E-state index in [4.69, 9.17) is 21.8 Å². The molecule has 0 rings (SSSR count). The Morgan fingerprint density at radius 3 is 2.47 bits per heavy atom. The van der Waals surface area contributed by atoms with Gasteiger partial charge in [0.15, 0.2) is 6.10 Å². The molecule has 0 saturated heterocycles. The highest BCUT2D eigenvalue weighted by atomic mass is 35.5. The summed E-state index contributed by atoms with van der Waals surface area (Å²) in [7, 11) is 0. The molecule has 0 radical (unpaired) electrons. The topological polar surface area (TPSA) is 98.7 Å². The molecule has 0 aliphatic rings. The third-order valence-corrected chi connectivity index (χ3v) is 1.56. The van der Waals surface area contributed by atoms with Crippen molar-refractivity contribution in [3.8, 4) is 0 Å². The van der Waals surface area contributed by atoms with Gasteiger partial charge in [0.25, 0.3) is 0 Å². The van der Waals surface area contributed by atoms with Crippen molar-refractivity contribution < 1.29 is 19.8 Å². The third kappa shape index (κ3) is 7.77. The van der Waals surface area contributed by atoms with Crippen LogP contribution < -0.4 is 10.6 Å². The molecule has 0 aromatic heterocycles. The summed E-state index contributed by atoms with van der Waals surface area (Å²) in [5.74, 6) is -1.31. The minimum atomic E-state index is -1.46. The van der Waals surface area contributed by atoms with Crippen LogP contribution in [0.3, 0.4) is 0 Å². The van der Waals surface area contributed by atoms with Crippen LogP contribution in [-0.2, 0) is 4.79 Å². The lowest BCUT2D eigenvalue weighted by Gasteiger charge is -2.08. The fourth-order valence-electron chi connectivity index (χ4n) is 0.685. The van der Waals surface area contributed by atoms with E-state index in [0.29, 0.717) is 0 Å². The van der Waals surface area contributed by atoms with Gasteiger partial charge in [0.2, 0.25) is 0 Å². The maximum absolute atomic E-state index is 10.9. The summed E-state index contributed by atoms with van der Waals surface area (Å²) in [6.07, 6.45) is -1.52. The van der Waals surface area contributed by atoms with Crippen molar-refractivity contribution in [3.63, 3.8) is 0 Å². The van der Waals surface area contributed by atoms with Crippen molar-refractivity contribution in [1.29, 1.82) is 0 Å². The molecule has 0 spiro atoms. The zero-order valence-electron chi connectivity index (χ0n) is 7.99. The Hall–Kier alpha value is -1.27. The molecule has 4 N–H and O–H groups in total. The van der Waals surface area contributed by atoms with Gasteiger partial charge < -0.3 is 20.8 Å². The first-order chi connectivity index (χ1) is 6.93. The van der Waals surface area contributed by atoms with Gasteiger partial charge in [-0.3, -0.25) is 0 Å². The number of carbonyl (C=O) groups is 2. The van der Waals surface area contributed by atoms with Crippen LogP contribution in [0.25, 0.3) is 0 Å². The van der Waals surface area contributed by atoms with E-state index < -0.39 is 18.1 Å². The largest absolute Gasteiger partial charge is 0.479 e. The SMILES string of the molecule is C=C(Cl)CNC(=O)NCC[C@H](O)C(=O)O. The average molecular weight is 237 g/mol. The predicted octanol–water partition coefficient (Wildman–Crippen LogP) is -0.126. The quantitative estimate of drug-likeness (QED) is 0.517. The number of urea groups is 1.